The lowest BCUT2D eigenvalue weighted by molar-refractivity contribution is -0.139. The van der Waals surface area contributed by atoms with E-state index in [1.807, 2.05) is 49.9 Å². The maximum atomic E-state index is 13.7. The maximum Gasteiger partial charge on any atom is 0.246 e. The third-order valence-corrected chi connectivity index (χ3v) is 11.0. The van der Waals surface area contributed by atoms with Crippen LogP contribution in [0.4, 0.5) is 0 Å². The molecule has 6 rings (SSSR count). The molecular formula is C43H55N7O6. The van der Waals surface area contributed by atoms with Crippen molar-refractivity contribution < 1.29 is 28.7 Å². The lowest BCUT2D eigenvalue weighted by Gasteiger charge is -2.31. The second kappa shape index (κ2) is 18.2. The van der Waals surface area contributed by atoms with Crippen LogP contribution in [0.3, 0.4) is 0 Å². The van der Waals surface area contributed by atoms with E-state index in [1.54, 1.807) is 0 Å². The molecule has 4 atom stereocenters. The first kappa shape index (κ1) is 40.5. The van der Waals surface area contributed by atoms with Crippen LogP contribution in [-0.4, -0.2) is 108 Å². The molecule has 0 radical (unpaired) electrons. The van der Waals surface area contributed by atoms with Gasteiger partial charge in [-0.1, -0.05) is 76.2 Å². The van der Waals surface area contributed by atoms with Gasteiger partial charge in [-0.2, -0.15) is 0 Å². The minimum Gasteiger partial charge on any atom is -0.375 e. The van der Waals surface area contributed by atoms with E-state index in [0.29, 0.717) is 19.5 Å². The van der Waals surface area contributed by atoms with Crippen LogP contribution in [-0.2, 0) is 28.7 Å². The minimum atomic E-state index is -0.637. The number of carbonyl (C=O) groups is 4. The fraction of sp³-hybridized carbons (Fsp3) is 0.488. The number of carbonyl (C=O) groups excluding carboxylic acids is 4. The zero-order valence-electron chi connectivity index (χ0n) is 33.3. The Kier molecular flexibility index (Phi) is 13.2. The highest BCUT2D eigenvalue weighted by Gasteiger charge is 2.39. The summed E-state index contributed by atoms with van der Waals surface area (Å²) in [5, 5.41) is 5.71. The summed E-state index contributed by atoms with van der Waals surface area (Å²) in [6.45, 7) is 8.82. The smallest absolute Gasteiger partial charge is 0.246 e. The molecule has 1 aromatic heterocycles. The zero-order valence-corrected chi connectivity index (χ0v) is 33.3. The number of H-pyrrole nitrogens is 1. The number of nitrogens with one attached hydrogen (secondary N) is 3. The molecule has 1 unspecified atom stereocenters. The summed E-state index contributed by atoms with van der Waals surface area (Å²) >= 11 is 0. The molecule has 13 heteroatoms. The normalized spacial score (nSPS) is 19.3. The second-order valence-electron chi connectivity index (χ2n) is 15.6. The molecule has 298 valence electrons. The molecule has 0 aliphatic carbocycles. The number of hydrogen-bond donors (Lipinski definition) is 3. The molecule has 3 aliphatic heterocycles. The van der Waals surface area contributed by atoms with E-state index < -0.39 is 12.1 Å². The van der Waals surface area contributed by atoms with E-state index in [9.17, 15) is 19.2 Å². The average molecular weight is 766 g/mol. The number of methoxy groups -OCH3 is 2. The molecular weight excluding hydrogens is 711 g/mol. The molecule has 0 spiro atoms. The van der Waals surface area contributed by atoms with Crippen molar-refractivity contribution in [2.24, 2.45) is 16.8 Å². The summed E-state index contributed by atoms with van der Waals surface area (Å²) < 4.78 is 9.91. The molecule has 4 amide bonds. The van der Waals surface area contributed by atoms with Crippen LogP contribution < -0.4 is 10.6 Å². The van der Waals surface area contributed by atoms with Gasteiger partial charge in [0.1, 0.15) is 31.1 Å². The molecule has 13 nitrogen and oxygen atoms in total. The van der Waals surface area contributed by atoms with Crippen molar-refractivity contribution >= 4 is 34.9 Å². The summed E-state index contributed by atoms with van der Waals surface area (Å²) in [5.74, 6) is -0.176. The third-order valence-electron chi connectivity index (χ3n) is 11.0. The van der Waals surface area contributed by atoms with Crippen molar-refractivity contribution in [2.75, 3.05) is 40.5 Å². The number of imidazole rings is 1. The quantitative estimate of drug-likeness (QED) is 0.193. The van der Waals surface area contributed by atoms with Gasteiger partial charge in [0.15, 0.2) is 0 Å². The Bertz CT molecular complexity index is 1930. The Morgan fingerprint density at radius 1 is 0.732 bits per heavy atom. The average Bonchev–Trinajstić information content (AvgIpc) is 4.02. The largest absolute Gasteiger partial charge is 0.375 e. The van der Waals surface area contributed by atoms with Gasteiger partial charge in [-0.25, -0.2) is 4.98 Å². The van der Waals surface area contributed by atoms with E-state index in [0.717, 1.165) is 70.7 Å². The summed E-state index contributed by atoms with van der Waals surface area (Å²) in [7, 11) is 2.92. The van der Waals surface area contributed by atoms with Crippen LogP contribution in [0.25, 0.3) is 28.0 Å². The van der Waals surface area contributed by atoms with Gasteiger partial charge in [-0.3, -0.25) is 24.2 Å². The Morgan fingerprint density at radius 2 is 1.21 bits per heavy atom. The number of aromatic amines is 1. The summed E-state index contributed by atoms with van der Waals surface area (Å²) in [4.78, 5) is 68.5. The summed E-state index contributed by atoms with van der Waals surface area (Å²) in [5.41, 5.74) is 7.22. The van der Waals surface area contributed by atoms with Crippen LogP contribution in [0.1, 0.15) is 77.2 Å². The van der Waals surface area contributed by atoms with E-state index in [1.165, 1.54) is 14.2 Å². The number of aromatic nitrogens is 2. The van der Waals surface area contributed by atoms with Gasteiger partial charge in [0, 0.05) is 45.6 Å². The molecule has 2 aromatic carbocycles. The summed E-state index contributed by atoms with van der Waals surface area (Å²) in [6, 6.07) is 15.3. The Balaban J connectivity index is 1.06. The topological polar surface area (TPSA) is 158 Å². The fourth-order valence-corrected chi connectivity index (χ4v) is 7.97. The van der Waals surface area contributed by atoms with Crippen LogP contribution in [0.5, 0.6) is 0 Å². The first-order valence-corrected chi connectivity index (χ1v) is 19.7. The Morgan fingerprint density at radius 3 is 1.73 bits per heavy atom. The number of nitrogens with zero attached hydrogens (tertiary/aromatic N) is 4. The van der Waals surface area contributed by atoms with Crippen molar-refractivity contribution in [3.63, 3.8) is 0 Å². The predicted octanol–water partition coefficient (Wildman–Crippen LogP) is 5.16. The lowest BCUT2D eigenvalue weighted by atomic mass is 9.95. The van der Waals surface area contributed by atoms with Crippen molar-refractivity contribution in [3.05, 3.63) is 72.3 Å². The van der Waals surface area contributed by atoms with Gasteiger partial charge in [0.05, 0.1) is 24.0 Å². The van der Waals surface area contributed by atoms with Crippen molar-refractivity contribution in [2.45, 2.75) is 84.0 Å². The number of benzene rings is 2. The summed E-state index contributed by atoms with van der Waals surface area (Å²) in [6.07, 6.45) is 7.81. The third kappa shape index (κ3) is 9.11. The van der Waals surface area contributed by atoms with Crippen molar-refractivity contribution in [3.8, 4) is 22.4 Å². The number of allylic oxidation sites excluding steroid dienone is 1. The van der Waals surface area contributed by atoms with E-state index in [4.69, 9.17) is 19.5 Å². The molecule has 3 N–H and O–H groups in total. The van der Waals surface area contributed by atoms with E-state index >= 15 is 0 Å². The van der Waals surface area contributed by atoms with E-state index in [-0.39, 0.29) is 60.8 Å². The number of ether oxygens (including phenoxy) is 2. The maximum absolute atomic E-state index is 13.7. The number of aliphatic imine (C=N–C) groups is 1. The molecule has 56 heavy (non-hydrogen) atoms. The minimum absolute atomic E-state index is 0.0589. The molecule has 2 saturated heterocycles. The monoisotopic (exact) mass is 765 g/mol. The molecule has 3 aliphatic rings. The highest BCUT2D eigenvalue weighted by molar-refractivity contribution is 6.04. The van der Waals surface area contributed by atoms with Gasteiger partial charge >= 0.3 is 0 Å². The molecule has 4 heterocycles. The predicted molar refractivity (Wildman–Crippen MR) is 215 cm³/mol. The van der Waals surface area contributed by atoms with Gasteiger partial charge in [-0.15, -0.1) is 0 Å². The first-order valence-electron chi connectivity index (χ1n) is 19.7. The van der Waals surface area contributed by atoms with Crippen LogP contribution in [0.15, 0.2) is 65.9 Å². The molecule has 0 bridgehead atoms. The Hall–Kier alpha value is -5.14. The van der Waals surface area contributed by atoms with Crippen molar-refractivity contribution in [1.29, 1.82) is 0 Å². The van der Waals surface area contributed by atoms with Crippen LogP contribution in [0.2, 0.25) is 0 Å². The number of rotatable bonds is 15. The van der Waals surface area contributed by atoms with E-state index in [2.05, 4.69) is 64.1 Å². The first-order chi connectivity index (χ1) is 27.0. The number of hydrogen-bond acceptors (Lipinski definition) is 8. The lowest BCUT2D eigenvalue weighted by Crippen LogP contribution is -2.54. The highest BCUT2D eigenvalue weighted by atomic mass is 16.5. The SMILES string of the molecule is COCC(=O)N[C@H](C(=O)N1CCCC1c1ncc(-c2ccc(-c3ccc(C4=CN=C([C@@H]5CCCN5C(=O)[C@@H](NC(=O)COC)C(C)C)C4)cc3)cc2)[nH]1)C(C)C. The highest BCUT2D eigenvalue weighted by Crippen LogP contribution is 2.34. The van der Waals surface area contributed by atoms with Gasteiger partial charge in [0.25, 0.3) is 0 Å². The second-order valence-corrected chi connectivity index (χ2v) is 15.6. The Labute approximate surface area is 329 Å². The number of amides is 4. The molecule has 3 aromatic rings. The van der Waals surface area contributed by atoms with Gasteiger partial charge in [-0.05, 0) is 65.3 Å². The molecule has 2 fully saturated rings. The van der Waals surface area contributed by atoms with Gasteiger partial charge < -0.3 is 34.9 Å². The molecule has 0 saturated carbocycles. The van der Waals surface area contributed by atoms with Crippen LogP contribution >= 0.6 is 0 Å². The van der Waals surface area contributed by atoms with Crippen molar-refractivity contribution in [1.82, 2.24) is 30.4 Å². The standard InChI is InChI=1S/C43H55N7O6/c1-26(2)39(47-37(51)24-55-5)42(53)49-19-7-9-35(49)33-21-32(22-44-33)30-13-11-28(12-14-30)29-15-17-31(18-16-29)34-23-45-41(46-34)36-10-8-20-50(36)43(54)40(27(3)4)48-38(52)25-56-6/h11-18,22-23,26-27,35-36,39-40H,7-10,19-21,24-25H2,1-6H3,(H,45,46)(H,47,51)(H,48,52)/t35-,36?,39-,40-/m0/s1. The van der Waals surface area contributed by atoms with Crippen LogP contribution in [0, 0.1) is 11.8 Å². The fourth-order valence-electron chi connectivity index (χ4n) is 7.97. The number of likely N-dealkylation sites (tertiary alicyclic amines) is 2. The van der Waals surface area contributed by atoms with Gasteiger partial charge in [0.2, 0.25) is 23.6 Å². The zero-order chi connectivity index (χ0) is 39.9.